The number of ether oxygens (including phenoxy) is 1. The van der Waals surface area contributed by atoms with Crippen molar-refractivity contribution < 1.29 is 13.9 Å². The first-order valence-electron chi connectivity index (χ1n) is 8.98. The molecule has 4 rings (SSSR count). The van der Waals surface area contributed by atoms with Gasteiger partial charge >= 0.3 is 5.97 Å². The molecule has 0 radical (unpaired) electrons. The molecule has 0 N–H and O–H groups in total. The van der Waals surface area contributed by atoms with Gasteiger partial charge in [-0.1, -0.05) is 48.5 Å². The molecule has 27 heavy (non-hydrogen) atoms. The van der Waals surface area contributed by atoms with Gasteiger partial charge in [-0.3, -0.25) is 4.79 Å². The number of hydrogen-bond acceptors (Lipinski definition) is 4. The van der Waals surface area contributed by atoms with Gasteiger partial charge < -0.3 is 4.74 Å². The van der Waals surface area contributed by atoms with Gasteiger partial charge in [0.15, 0.2) is 11.6 Å². The minimum absolute atomic E-state index is 0.0480. The van der Waals surface area contributed by atoms with Gasteiger partial charge in [-0.05, 0) is 24.1 Å². The van der Waals surface area contributed by atoms with E-state index in [4.69, 9.17) is 4.74 Å². The fourth-order valence-electron chi connectivity index (χ4n) is 3.69. The van der Waals surface area contributed by atoms with Crippen LogP contribution in [0.5, 0.6) is 0 Å². The van der Waals surface area contributed by atoms with Crippen molar-refractivity contribution in [2.45, 2.75) is 18.8 Å². The maximum absolute atomic E-state index is 13.1. The molecule has 0 amide bonds. The Morgan fingerprint density at radius 2 is 1.67 bits per heavy atom. The third-order valence-electron chi connectivity index (χ3n) is 4.91. The largest absolute Gasteiger partial charge is 0.466 e. The van der Waals surface area contributed by atoms with Gasteiger partial charge in [0.2, 0.25) is 0 Å². The topological polar surface area (TPSA) is 52.1 Å². The molecule has 1 saturated carbocycles. The number of benzene rings is 2. The zero-order valence-corrected chi connectivity index (χ0v) is 14.9. The quantitative estimate of drug-likeness (QED) is 0.634. The molecule has 0 spiro atoms. The molecule has 3 atom stereocenters. The van der Waals surface area contributed by atoms with E-state index in [2.05, 4.69) is 9.97 Å². The summed E-state index contributed by atoms with van der Waals surface area (Å²) in [7, 11) is 0. The Morgan fingerprint density at radius 3 is 2.37 bits per heavy atom. The number of rotatable bonds is 5. The molecule has 3 aromatic rings. The summed E-state index contributed by atoms with van der Waals surface area (Å²) in [5.74, 6) is -0.232. The van der Waals surface area contributed by atoms with Gasteiger partial charge in [0.05, 0.1) is 24.9 Å². The van der Waals surface area contributed by atoms with Crippen LogP contribution in [0.1, 0.15) is 29.9 Å². The maximum Gasteiger partial charge on any atom is 0.310 e. The van der Waals surface area contributed by atoms with Crippen LogP contribution in [-0.4, -0.2) is 22.5 Å². The van der Waals surface area contributed by atoms with E-state index < -0.39 is 5.82 Å². The Bertz CT molecular complexity index is 944. The molecule has 1 aliphatic carbocycles. The number of aromatic nitrogens is 2. The zero-order valence-electron chi connectivity index (χ0n) is 14.9. The van der Waals surface area contributed by atoms with Gasteiger partial charge in [-0.25, -0.2) is 14.4 Å². The molecule has 1 aromatic heterocycles. The van der Waals surface area contributed by atoms with E-state index >= 15 is 0 Å². The highest BCUT2D eigenvalue weighted by atomic mass is 19.1. The molecule has 5 heteroatoms. The second kappa shape index (κ2) is 7.27. The van der Waals surface area contributed by atoms with Crippen molar-refractivity contribution in [3.05, 3.63) is 83.9 Å². The van der Waals surface area contributed by atoms with Gasteiger partial charge in [0.1, 0.15) is 0 Å². The van der Waals surface area contributed by atoms with Crippen LogP contribution >= 0.6 is 0 Å². The van der Waals surface area contributed by atoms with Crippen molar-refractivity contribution in [1.82, 2.24) is 9.97 Å². The molecule has 136 valence electrons. The average molecular weight is 362 g/mol. The first-order valence-corrected chi connectivity index (χ1v) is 8.98. The molecule has 0 saturated heterocycles. The van der Waals surface area contributed by atoms with Crippen LogP contribution in [-0.2, 0) is 9.53 Å². The maximum atomic E-state index is 13.1. The molecule has 3 unspecified atom stereocenters. The van der Waals surface area contributed by atoms with E-state index in [1.165, 1.54) is 0 Å². The third kappa shape index (κ3) is 3.45. The monoisotopic (exact) mass is 362 g/mol. The summed E-state index contributed by atoms with van der Waals surface area (Å²) in [5, 5.41) is 0. The summed E-state index contributed by atoms with van der Waals surface area (Å²) in [6, 6.07) is 17.8. The average Bonchev–Trinajstić information content (AvgIpc) is 3.45. The fourth-order valence-corrected chi connectivity index (χ4v) is 3.69. The Balaban J connectivity index is 1.67. The van der Waals surface area contributed by atoms with E-state index in [0.29, 0.717) is 12.4 Å². The van der Waals surface area contributed by atoms with Crippen molar-refractivity contribution in [2.75, 3.05) is 6.61 Å². The van der Waals surface area contributed by atoms with Crippen molar-refractivity contribution >= 4 is 5.97 Å². The highest BCUT2D eigenvalue weighted by molar-refractivity contribution is 5.80. The van der Waals surface area contributed by atoms with Crippen molar-refractivity contribution in [3.63, 3.8) is 0 Å². The SMILES string of the molecule is CCOC(=O)C1C(c2ccccc2)C1c1cccc(-c2ncc(F)cn2)c1. The Morgan fingerprint density at radius 1 is 1.00 bits per heavy atom. The van der Waals surface area contributed by atoms with Gasteiger partial charge in [-0.2, -0.15) is 0 Å². The lowest BCUT2D eigenvalue weighted by Crippen LogP contribution is -2.08. The standard InChI is InChI=1S/C22H19FN2O2/c1-2-27-22(26)20-18(14-7-4-3-5-8-14)19(20)15-9-6-10-16(11-15)21-24-12-17(23)13-25-21/h3-13,18-20H,2H2,1H3. The Labute approximate surface area is 157 Å². The summed E-state index contributed by atoms with van der Waals surface area (Å²) >= 11 is 0. The predicted octanol–water partition coefficient (Wildman–Crippen LogP) is 4.34. The number of halogens is 1. The molecule has 2 aromatic carbocycles. The van der Waals surface area contributed by atoms with Crippen LogP contribution < -0.4 is 0 Å². The molecular formula is C22H19FN2O2. The molecule has 0 aliphatic heterocycles. The number of carbonyl (C=O) groups is 1. The molecule has 1 aliphatic rings. The smallest absolute Gasteiger partial charge is 0.310 e. The number of nitrogens with zero attached hydrogens (tertiary/aromatic N) is 2. The van der Waals surface area contributed by atoms with E-state index in [0.717, 1.165) is 29.1 Å². The summed E-state index contributed by atoms with van der Waals surface area (Å²) < 4.78 is 18.4. The molecule has 1 fully saturated rings. The predicted molar refractivity (Wildman–Crippen MR) is 99.5 cm³/mol. The minimum atomic E-state index is -0.469. The van der Waals surface area contributed by atoms with Crippen molar-refractivity contribution in [2.24, 2.45) is 5.92 Å². The van der Waals surface area contributed by atoms with Gasteiger partial charge in [-0.15, -0.1) is 0 Å². The lowest BCUT2D eigenvalue weighted by molar-refractivity contribution is -0.144. The summed E-state index contributed by atoms with van der Waals surface area (Å²) in [4.78, 5) is 20.6. The van der Waals surface area contributed by atoms with E-state index in [-0.39, 0.29) is 23.7 Å². The summed E-state index contributed by atoms with van der Waals surface area (Å²) in [6.07, 6.45) is 2.31. The first-order chi connectivity index (χ1) is 13.2. The molecular weight excluding hydrogens is 343 g/mol. The highest BCUT2D eigenvalue weighted by Crippen LogP contribution is 2.61. The first kappa shape index (κ1) is 17.3. The van der Waals surface area contributed by atoms with Crippen molar-refractivity contribution in [3.8, 4) is 11.4 Å². The Kier molecular flexibility index (Phi) is 4.67. The number of esters is 1. The van der Waals surface area contributed by atoms with Crippen LogP contribution in [0, 0.1) is 11.7 Å². The van der Waals surface area contributed by atoms with E-state index in [9.17, 15) is 9.18 Å². The van der Waals surface area contributed by atoms with E-state index in [1.54, 1.807) is 0 Å². The highest BCUT2D eigenvalue weighted by Gasteiger charge is 2.57. The van der Waals surface area contributed by atoms with Crippen molar-refractivity contribution in [1.29, 1.82) is 0 Å². The Hall–Kier alpha value is -3.08. The van der Waals surface area contributed by atoms with Gasteiger partial charge in [0.25, 0.3) is 0 Å². The lowest BCUT2D eigenvalue weighted by atomic mass is 10.0. The zero-order chi connectivity index (χ0) is 18.8. The van der Waals surface area contributed by atoms with Crippen LogP contribution in [0.3, 0.4) is 0 Å². The fraction of sp³-hybridized carbons (Fsp3) is 0.227. The van der Waals surface area contributed by atoms with Crippen LogP contribution in [0.25, 0.3) is 11.4 Å². The molecule has 1 heterocycles. The minimum Gasteiger partial charge on any atom is -0.466 e. The molecule has 0 bridgehead atoms. The lowest BCUT2D eigenvalue weighted by Gasteiger charge is -2.05. The number of carbonyl (C=O) groups excluding carboxylic acids is 1. The summed E-state index contributed by atoms with van der Waals surface area (Å²) in [6.45, 7) is 2.19. The van der Waals surface area contributed by atoms with Crippen LogP contribution in [0.2, 0.25) is 0 Å². The molecule has 4 nitrogen and oxygen atoms in total. The summed E-state index contributed by atoms with van der Waals surface area (Å²) in [5.41, 5.74) is 2.96. The number of hydrogen-bond donors (Lipinski definition) is 0. The second-order valence-corrected chi connectivity index (χ2v) is 6.59. The van der Waals surface area contributed by atoms with Crippen LogP contribution in [0.4, 0.5) is 4.39 Å². The second-order valence-electron chi connectivity index (χ2n) is 6.59. The third-order valence-corrected chi connectivity index (χ3v) is 4.91. The van der Waals surface area contributed by atoms with Crippen LogP contribution in [0.15, 0.2) is 67.0 Å². The normalized spacial score (nSPS) is 20.9. The van der Waals surface area contributed by atoms with E-state index in [1.807, 2.05) is 61.5 Å². The van der Waals surface area contributed by atoms with Gasteiger partial charge in [0, 0.05) is 17.4 Å².